The van der Waals surface area contributed by atoms with Crippen LogP contribution in [0.15, 0.2) is 66.9 Å². The molecule has 1 unspecified atom stereocenters. The standard InChI is InChI=1S/C29H34N6/c1-33-16-18-34(19-17-33)26-14-6-12-24-29(26)32-27(31-24)21-35(20-22-8-3-2-4-9-22)25-13-5-10-23-11-7-15-30-28(23)25/h2-4,6-9,11-12,14-15,25H,5,10,13,16-21H2,1H3,(H,31,32). The molecule has 6 heteroatoms. The van der Waals surface area contributed by atoms with Gasteiger partial charge in [0.05, 0.1) is 29.5 Å². The van der Waals surface area contributed by atoms with Gasteiger partial charge in [0.15, 0.2) is 0 Å². The van der Waals surface area contributed by atoms with Crippen LogP contribution in [0.3, 0.4) is 0 Å². The number of fused-ring (bicyclic) bond motifs is 2. The molecule has 3 heterocycles. The summed E-state index contributed by atoms with van der Waals surface area (Å²) in [4.78, 5) is 21.1. The number of anilines is 1. The van der Waals surface area contributed by atoms with Crippen LogP contribution in [0.5, 0.6) is 0 Å². The Morgan fingerprint density at radius 2 is 1.80 bits per heavy atom. The number of likely N-dealkylation sites (N-methyl/N-ethyl adjacent to an activating group) is 1. The zero-order valence-corrected chi connectivity index (χ0v) is 20.5. The quantitative estimate of drug-likeness (QED) is 0.443. The van der Waals surface area contributed by atoms with Crippen molar-refractivity contribution in [1.29, 1.82) is 0 Å². The average Bonchev–Trinajstić information content (AvgIpc) is 3.32. The lowest BCUT2D eigenvalue weighted by molar-refractivity contribution is 0.153. The second kappa shape index (κ2) is 9.80. The van der Waals surface area contributed by atoms with E-state index in [4.69, 9.17) is 9.97 Å². The van der Waals surface area contributed by atoms with E-state index in [0.29, 0.717) is 6.04 Å². The highest BCUT2D eigenvalue weighted by Crippen LogP contribution is 2.35. The Hall–Kier alpha value is -3.22. The minimum atomic E-state index is 0.297. The fourth-order valence-corrected chi connectivity index (χ4v) is 5.67. The number of nitrogens with zero attached hydrogens (tertiary/aromatic N) is 5. The smallest absolute Gasteiger partial charge is 0.121 e. The number of pyridine rings is 1. The van der Waals surface area contributed by atoms with Crippen molar-refractivity contribution < 1.29 is 0 Å². The number of benzene rings is 2. The molecule has 0 saturated carbocycles. The van der Waals surface area contributed by atoms with Crippen LogP contribution in [-0.4, -0.2) is 58.0 Å². The Morgan fingerprint density at radius 1 is 0.943 bits per heavy atom. The molecular formula is C29H34N6. The molecule has 2 aromatic carbocycles. The molecule has 180 valence electrons. The summed E-state index contributed by atoms with van der Waals surface area (Å²) in [5.74, 6) is 1.03. The molecule has 1 aliphatic carbocycles. The lowest BCUT2D eigenvalue weighted by Gasteiger charge is -2.34. The molecule has 1 aliphatic heterocycles. The number of nitrogens with one attached hydrogen (secondary N) is 1. The molecule has 0 bridgehead atoms. The number of aromatic nitrogens is 3. The van der Waals surface area contributed by atoms with Crippen molar-refractivity contribution in [2.24, 2.45) is 0 Å². The van der Waals surface area contributed by atoms with Crippen LogP contribution in [0.25, 0.3) is 11.0 Å². The third-order valence-electron chi connectivity index (χ3n) is 7.57. The fraction of sp³-hybridized carbons (Fsp3) is 0.379. The van der Waals surface area contributed by atoms with Crippen LogP contribution in [0, 0.1) is 0 Å². The predicted molar refractivity (Wildman–Crippen MR) is 141 cm³/mol. The SMILES string of the molecule is CN1CCN(c2cccc3[nH]c(CN(Cc4ccccc4)C4CCCc5cccnc54)nc23)CC1. The van der Waals surface area contributed by atoms with E-state index in [1.165, 1.54) is 28.9 Å². The van der Waals surface area contributed by atoms with Gasteiger partial charge < -0.3 is 14.8 Å². The van der Waals surface area contributed by atoms with Crippen molar-refractivity contribution >= 4 is 16.7 Å². The van der Waals surface area contributed by atoms with E-state index in [1.54, 1.807) is 0 Å². The van der Waals surface area contributed by atoms with Gasteiger partial charge in [-0.3, -0.25) is 9.88 Å². The van der Waals surface area contributed by atoms with Crippen LogP contribution in [-0.2, 0) is 19.5 Å². The van der Waals surface area contributed by atoms with E-state index in [0.717, 1.165) is 69.0 Å². The van der Waals surface area contributed by atoms with Gasteiger partial charge in [0.25, 0.3) is 0 Å². The van der Waals surface area contributed by atoms with E-state index in [-0.39, 0.29) is 0 Å². The number of rotatable bonds is 6. The molecule has 6 rings (SSSR count). The van der Waals surface area contributed by atoms with Gasteiger partial charge in [0.2, 0.25) is 0 Å². The number of H-pyrrole nitrogens is 1. The molecule has 6 nitrogen and oxygen atoms in total. The maximum Gasteiger partial charge on any atom is 0.121 e. The highest BCUT2D eigenvalue weighted by atomic mass is 15.3. The second-order valence-electron chi connectivity index (χ2n) is 9.99. The number of hydrogen-bond donors (Lipinski definition) is 1. The maximum absolute atomic E-state index is 5.17. The first-order valence-electron chi connectivity index (χ1n) is 12.9. The van der Waals surface area contributed by atoms with Crippen molar-refractivity contribution in [3.63, 3.8) is 0 Å². The topological polar surface area (TPSA) is 51.3 Å². The fourth-order valence-electron chi connectivity index (χ4n) is 5.67. The van der Waals surface area contributed by atoms with Crippen molar-refractivity contribution in [1.82, 2.24) is 24.8 Å². The Morgan fingerprint density at radius 3 is 2.66 bits per heavy atom. The summed E-state index contributed by atoms with van der Waals surface area (Å²) in [5, 5.41) is 0. The van der Waals surface area contributed by atoms with E-state index in [2.05, 4.69) is 87.4 Å². The molecule has 0 radical (unpaired) electrons. The summed E-state index contributed by atoms with van der Waals surface area (Å²) in [6, 6.07) is 21.9. The molecule has 1 fully saturated rings. The first-order valence-corrected chi connectivity index (χ1v) is 12.9. The Labute approximate surface area is 207 Å². The Bertz CT molecular complexity index is 1270. The third-order valence-corrected chi connectivity index (χ3v) is 7.57. The number of hydrogen-bond acceptors (Lipinski definition) is 5. The highest BCUT2D eigenvalue weighted by molar-refractivity contribution is 5.89. The van der Waals surface area contributed by atoms with Crippen LogP contribution in [0.2, 0.25) is 0 Å². The molecule has 1 N–H and O–H groups in total. The first kappa shape index (κ1) is 22.3. The molecule has 0 spiro atoms. The van der Waals surface area contributed by atoms with E-state index >= 15 is 0 Å². The average molecular weight is 467 g/mol. The molecule has 35 heavy (non-hydrogen) atoms. The number of aromatic amines is 1. The second-order valence-corrected chi connectivity index (χ2v) is 9.99. The van der Waals surface area contributed by atoms with Gasteiger partial charge in [-0.05, 0) is 55.6 Å². The zero-order chi connectivity index (χ0) is 23.6. The van der Waals surface area contributed by atoms with Gasteiger partial charge in [0, 0.05) is 38.9 Å². The lowest BCUT2D eigenvalue weighted by atomic mass is 9.90. The van der Waals surface area contributed by atoms with E-state index in [9.17, 15) is 0 Å². The Balaban J connectivity index is 1.32. The summed E-state index contributed by atoms with van der Waals surface area (Å²) >= 11 is 0. The van der Waals surface area contributed by atoms with Crippen molar-refractivity contribution in [2.75, 3.05) is 38.1 Å². The van der Waals surface area contributed by atoms with Gasteiger partial charge in [-0.25, -0.2) is 4.98 Å². The summed E-state index contributed by atoms with van der Waals surface area (Å²) in [7, 11) is 2.20. The number of imidazole rings is 1. The van der Waals surface area contributed by atoms with Crippen LogP contribution in [0.4, 0.5) is 5.69 Å². The molecule has 4 aromatic rings. The van der Waals surface area contributed by atoms with Crippen molar-refractivity contribution in [2.45, 2.75) is 38.4 Å². The predicted octanol–water partition coefficient (Wildman–Crippen LogP) is 4.79. The molecule has 2 aromatic heterocycles. The van der Waals surface area contributed by atoms with Crippen LogP contribution in [0.1, 0.15) is 41.5 Å². The van der Waals surface area contributed by atoms with Crippen molar-refractivity contribution in [3.8, 4) is 0 Å². The third kappa shape index (κ3) is 4.68. The number of aryl methyl sites for hydroxylation is 1. The van der Waals surface area contributed by atoms with Crippen LogP contribution >= 0.6 is 0 Å². The highest BCUT2D eigenvalue weighted by Gasteiger charge is 2.28. The van der Waals surface area contributed by atoms with Gasteiger partial charge >= 0.3 is 0 Å². The maximum atomic E-state index is 5.17. The monoisotopic (exact) mass is 466 g/mol. The lowest BCUT2D eigenvalue weighted by Crippen LogP contribution is -2.44. The Kier molecular flexibility index (Phi) is 6.23. The zero-order valence-electron chi connectivity index (χ0n) is 20.5. The number of piperazine rings is 1. The summed E-state index contributed by atoms with van der Waals surface area (Å²) < 4.78 is 0. The van der Waals surface area contributed by atoms with Gasteiger partial charge in [-0.15, -0.1) is 0 Å². The molecular weight excluding hydrogens is 432 g/mol. The molecule has 1 saturated heterocycles. The number of para-hydroxylation sites is 1. The molecule has 1 atom stereocenters. The van der Waals surface area contributed by atoms with E-state index in [1.807, 2.05) is 6.20 Å². The van der Waals surface area contributed by atoms with Gasteiger partial charge in [-0.2, -0.15) is 0 Å². The summed E-state index contributed by atoms with van der Waals surface area (Å²) in [5.41, 5.74) is 7.42. The summed E-state index contributed by atoms with van der Waals surface area (Å²) in [6.45, 7) is 5.92. The minimum absolute atomic E-state index is 0.297. The van der Waals surface area contributed by atoms with E-state index < -0.39 is 0 Å². The molecule has 2 aliphatic rings. The van der Waals surface area contributed by atoms with Gasteiger partial charge in [-0.1, -0.05) is 42.5 Å². The largest absolute Gasteiger partial charge is 0.367 e. The van der Waals surface area contributed by atoms with Gasteiger partial charge in [0.1, 0.15) is 11.3 Å². The molecule has 0 amide bonds. The van der Waals surface area contributed by atoms with Crippen LogP contribution < -0.4 is 4.90 Å². The summed E-state index contributed by atoms with van der Waals surface area (Å²) in [6.07, 6.45) is 5.39. The normalized spacial score (nSPS) is 18.8. The first-order chi connectivity index (χ1) is 17.2. The minimum Gasteiger partial charge on any atom is -0.367 e. The van der Waals surface area contributed by atoms with Crippen molar-refractivity contribution in [3.05, 3.63) is 89.5 Å².